The Morgan fingerprint density at radius 3 is 2.37 bits per heavy atom. The highest BCUT2D eigenvalue weighted by molar-refractivity contribution is 5.85. The molecule has 0 radical (unpaired) electrons. The molecule has 158 valence electrons. The second-order valence-electron chi connectivity index (χ2n) is 8.14. The predicted octanol–water partition coefficient (Wildman–Crippen LogP) is 1.81. The lowest BCUT2D eigenvalue weighted by Crippen LogP contribution is -2.56. The first-order chi connectivity index (χ1) is 12.1. The predicted molar refractivity (Wildman–Crippen MR) is 113 cm³/mol. The van der Waals surface area contributed by atoms with E-state index in [0.717, 1.165) is 64.3 Å². The Bertz CT molecular complexity index is 467. The van der Waals surface area contributed by atoms with Crippen LogP contribution in [0.5, 0.6) is 0 Å². The molecule has 2 aliphatic heterocycles. The van der Waals surface area contributed by atoms with Gasteiger partial charge in [-0.2, -0.15) is 0 Å². The van der Waals surface area contributed by atoms with Crippen molar-refractivity contribution < 1.29 is 9.59 Å². The van der Waals surface area contributed by atoms with Crippen LogP contribution >= 0.6 is 24.8 Å². The van der Waals surface area contributed by atoms with Gasteiger partial charge in [-0.05, 0) is 38.1 Å². The second-order valence-corrected chi connectivity index (χ2v) is 8.14. The lowest BCUT2D eigenvalue weighted by Gasteiger charge is -2.37. The summed E-state index contributed by atoms with van der Waals surface area (Å²) in [6.45, 7) is 6.77. The van der Waals surface area contributed by atoms with Crippen molar-refractivity contribution in [3.63, 3.8) is 0 Å². The minimum absolute atomic E-state index is 0. The normalized spacial score (nSPS) is 29.2. The average Bonchev–Trinajstić information content (AvgIpc) is 2.62. The van der Waals surface area contributed by atoms with Crippen LogP contribution in [0.25, 0.3) is 0 Å². The lowest BCUT2D eigenvalue weighted by atomic mass is 9.87. The standard InChI is InChI=1S/C19H34N4O2.2ClH/c1-15-5-4-6-16(13-15)21-18(24)14-22-9-11-23(12-10-22)19(25)17-7-2-3-8-20-17;;/h15-17,20H,2-14H2,1H3,(H,21,24);2*1H/t15?,16?,17-;;/m1../s1. The van der Waals surface area contributed by atoms with Crippen molar-refractivity contribution in [3.8, 4) is 0 Å². The molecule has 1 saturated carbocycles. The van der Waals surface area contributed by atoms with Gasteiger partial charge in [-0.1, -0.05) is 26.2 Å². The minimum Gasteiger partial charge on any atom is -0.352 e. The van der Waals surface area contributed by atoms with Gasteiger partial charge in [0.1, 0.15) is 0 Å². The molecule has 2 unspecified atom stereocenters. The summed E-state index contributed by atoms with van der Waals surface area (Å²) in [5.41, 5.74) is 0. The van der Waals surface area contributed by atoms with E-state index in [1.54, 1.807) is 0 Å². The monoisotopic (exact) mass is 422 g/mol. The molecule has 0 aromatic carbocycles. The smallest absolute Gasteiger partial charge is 0.239 e. The molecule has 1 aliphatic carbocycles. The van der Waals surface area contributed by atoms with E-state index in [9.17, 15) is 9.59 Å². The number of amides is 2. The third-order valence-electron chi connectivity index (χ3n) is 5.96. The molecule has 3 aliphatic rings. The number of nitrogens with one attached hydrogen (secondary N) is 2. The number of carbonyl (C=O) groups is 2. The highest BCUT2D eigenvalue weighted by Crippen LogP contribution is 2.23. The lowest BCUT2D eigenvalue weighted by molar-refractivity contribution is -0.136. The third-order valence-corrected chi connectivity index (χ3v) is 5.96. The molecule has 0 aromatic heterocycles. The molecule has 8 heteroatoms. The average molecular weight is 423 g/mol. The fraction of sp³-hybridized carbons (Fsp3) is 0.895. The number of hydrogen-bond acceptors (Lipinski definition) is 4. The van der Waals surface area contributed by atoms with Crippen molar-refractivity contribution in [1.29, 1.82) is 0 Å². The van der Waals surface area contributed by atoms with Crippen molar-refractivity contribution in [2.75, 3.05) is 39.3 Å². The number of halogens is 2. The second kappa shape index (κ2) is 12.1. The third kappa shape index (κ3) is 7.41. The maximum absolute atomic E-state index is 12.5. The summed E-state index contributed by atoms with van der Waals surface area (Å²) in [7, 11) is 0. The number of piperazine rings is 1. The molecule has 2 amide bonds. The van der Waals surface area contributed by atoms with Crippen LogP contribution in [0, 0.1) is 5.92 Å². The number of piperidine rings is 1. The molecule has 2 heterocycles. The topological polar surface area (TPSA) is 64.7 Å². The van der Waals surface area contributed by atoms with E-state index in [-0.39, 0.29) is 42.7 Å². The van der Waals surface area contributed by atoms with Gasteiger partial charge in [0.2, 0.25) is 11.8 Å². The Kier molecular flexibility index (Phi) is 11.0. The molecule has 2 N–H and O–H groups in total. The SMILES string of the molecule is CC1CCCC(NC(=O)CN2CCN(C(=O)[C@H]3CCCCN3)CC2)C1.Cl.Cl. The Morgan fingerprint density at radius 2 is 1.74 bits per heavy atom. The number of hydrogen-bond donors (Lipinski definition) is 2. The van der Waals surface area contributed by atoms with Gasteiger partial charge in [-0.25, -0.2) is 0 Å². The number of nitrogens with zero attached hydrogens (tertiary/aromatic N) is 2. The van der Waals surface area contributed by atoms with Gasteiger partial charge < -0.3 is 15.5 Å². The van der Waals surface area contributed by atoms with Crippen molar-refractivity contribution in [3.05, 3.63) is 0 Å². The molecule has 2 saturated heterocycles. The molecule has 0 aromatic rings. The zero-order chi connectivity index (χ0) is 17.6. The van der Waals surface area contributed by atoms with Gasteiger partial charge >= 0.3 is 0 Å². The maximum Gasteiger partial charge on any atom is 0.239 e. The van der Waals surface area contributed by atoms with E-state index < -0.39 is 0 Å². The van der Waals surface area contributed by atoms with E-state index in [1.165, 1.54) is 19.3 Å². The van der Waals surface area contributed by atoms with Crippen LogP contribution in [-0.4, -0.2) is 73.0 Å². The van der Waals surface area contributed by atoms with Gasteiger partial charge in [0.15, 0.2) is 0 Å². The Balaban J connectivity index is 0.00000182. The fourth-order valence-electron chi connectivity index (χ4n) is 4.45. The van der Waals surface area contributed by atoms with Crippen LogP contribution in [-0.2, 0) is 9.59 Å². The quantitative estimate of drug-likeness (QED) is 0.724. The molecule has 0 bridgehead atoms. The minimum atomic E-state index is 0. The Labute approximate surface area is 176 Å². The first-order valence-corrected chi connectivity index (χ1v) is 10.2. The van der Waals surface area contributed by atoms with Crippen LogP contribution in [0.15, 0.2) is 0 Å². The van der Waals surface area contributed by atoms with Crippen molar-refractivity contribution in [2.24, 2.45) is 5.92 Å². The van der Waals surface area contributed by atoms with Crippen LogP contribution < -0.4 is 10.6 Å². The van der Waals surface area contributed by atoms with E-state index >= 15 is 0 Å². The number of rotatable bonds is 4. The van der Waals surface area contributed by atoms with Gasteiger partial charge in [0.05, 0.1) is 12.6 Å². The van der Waals surface area contributed by atoms with Gasteiger partial charge in [-0.3, -0.25) is 14.5 Å². The van der Waals surface area contributed by atoms with Gasteiger partial charge in [0, 0.05) is 32.2 Å². The summed E-state index contributed by atoms with van der Waals surface area (Å²) in [5.74, 6) is 1.12. The number of carbonyl (C=O) groups excluding carboxylic acids is 2. The molecule has 6 nitrogen and oxygen atoms in total. The van der Waals surface area contributed by atoms with Crippen molar-refractivity contribution >= 4 is 36.6 Å². The summed E-state index contributed by atoms with van der Waals surface area (Å²) >= 11 is 0. The Hall–Kier alpha value is -0.560. The van der Waals surface area contributed by atoms with Crippen LogP contribution in [0.1, 0.15) is 51.9 Å². The molecule has 3 rings (SSSR count). The van der Waals surface area contributed by atoms with E-state index in [2.05, 4.69) is 22.5 Å². The molecular weight excluding hydrogens is 387 g/mol. The summed E-state index contributed by atoms with van der Waals surface area (Å²) in [6, 6.07) is 0.369. The molecule has 0 spiro atoms. The van der Waals surface area contributed by atoms with Gasteiger partial charge in [0.25, 0.3) is 0 Å². The molecular formula is C19H36Cl2N4O2. The molecule has 3 atom stereocenters. The van der Waals surface area contributed by atoms with Crippen molar-refractivity contribution in [2.45, 2.75) is 64.0 Å². The summed E-state index contributed by atoms with van der Waals surface area (Å²) in [5, 5.41) is 6.55. The largest absolute Gasteiger partial charge is 0.352 e. The molecule has 3 fully saturated rings. The van der Waals surface area contributed by atoms with Crippen LogP contribution in [0.2, 0.25) is 0 Å². The van der Waals surface area contributed by atoms with Crippen LogP contribution in [0.4, 0.5) is 0 Å². The zero-order valence-corrected chi connectivity index (χ0v) is 18.1. The van der Waals surface area contributed by atoms with E-state index in [0.29, 0.717) is 12.6 Å². The Morgan fingerprint density at radius 1 is 1.00 bits per heavy atom. The first kappa shape index (κ1) is 24.5. The van der Waals surface area contributed by atoms with Crippen molar-refractivity contribution in [1.82, 2.24) is 20.4 Å². The highest BCUT2D eigenvalue weighted by atomic mass is 35.5. The van der Waals surface area contributed by atoms with Crippen LogP contribution in [0.3, 0.4) is 0 Å². The zero-order valence-electron chi connectivity index (χ0n) is 16.5. The summed E-state index contributed by atoms with van der Waals surface area (Å²) in [4.78, 5) is 29.0. The van der Waals surface area contributed by atoms with Gasteiger partial charge in [-0.15, -0.1) is 24.8 Å². The highest BCUT2D eigenvalue weighted by Gasteiger charge is 2.29. The fourth-order valence-corrected chi connectivity index (χ4v) is 4.45. The summed E-state index contributed by atoms with van der Waals surface area (Å²) < 4.78 is 0. The molecule has 27 heavy (non-hydrogen) atoms. The van der Waals surface area contributed by atoms with E-state index in [1.807, 2.05) is 4.90 Å². The summed E-state index contributed by atoms with van der Waals surface area (Å²) in [6.07, 6.45) is 8.02. The first-order valence-electron chi connectivity index (χ1n) is 10.2. The van der Waals surface area contributed by atoms with E-state index in [4.69, 9.17) is 0 Å². The maximum atomic E-state index is 12.5.